The summed E-state index contributed by atoms with van der Waals surface area (Å²) < 4.78 is 13.2. The minimum Gasteiger partial charge on any atom is -0.389 e. The molecule has 0 bridgehead atoms. The van der Waals surface area contributed by atoms with Gasteiger partial charge in [0, 0.05) is 18.8 Å². The van der Waals surface area contributed by atoms with Crippen LogP contribution in [0.25, 0.3) is 0 Å². The van der Waals surface area contributed by atoms with E-state index in [-0.39, 0.29) is 17.0 Å². The van der Waals surface area contributed by atoms with Crippen LogP contribution in [0.5, 0.6) is 0 Å². The minimum absolute atomic E-state index is 0.00796. The molecule has 1 aromatic rings. The van der Waals surface area contributed by atoms with Gasteiger partial charge in [-0.3, -0.25) is 9.69 Å². The number of carbonyl (C=O) groups is 1. The van der Waals surface area contributed by atoms with Gasteiger partial charge >= 0.3 is 0 Å². The second kappa shape index (κ2) is 5.91. The summed E-state index contributed by atoms with van der Waals surface area (Å²) >= 11 is 5.77. The van der Waals surface area contributed by atoms with Gasteiger partial charge in [-0.1, -0.05) is 11.6 Å². The molecule has 1 fully saturated rings. The number of carbonyl (C=O) groups excluding carboxylic acids is 1. The summed E-state index contributed by atoms with van der Waals surface area (Å²) in [7, 11) is 1.82. The Balaban J connectivity index is 2.12. The topological polar surface area (TPSA) is 43.8 Å². The van der Waals surface area contributed by atoms with Crippen LogP contribution < -0.4 is 4.90 Å². The second-order valence-electron chi connectivity index (χ2n) is 6.12. The molecule has 0 aromatic heterocycles. The molecule has 1 unspecified atom stereocenters. The molecule has 21 heavy (non-hydrogen) atoms. The van der Waals surface area contributed by atoms with Gasteiger partial charge in [0.25, 0.3) is 0 Å². The fourth-order valence-corrected chi connectivity index (χ4v) is 2.88. The molecule has 4 nitrogen and oxygen atoms in total. The van der Waals surface area contributed by atoms with Crippen molar-refractivity contribution in [2.75, 3.05) is 25.0 Å². The highest BCUT2D eigenvalue weighted by Gasteiger charge is 2.36. The molecule has 0 radical (unpaired) electrons. The lowest BCUT2D eigenvalue weighted by Crippen LogP contribution is -2.45. The average Bonchev–Trinajstić information content (AvgIpc) is 2.73. The van der Waals surface area contributed by atoms with Crippen LogP contribution in [0.2, 0.25) is 5.02 Å². The number of halogens is 2. The van der Waals surface area contributed by atoms with Crippen molar-refractivity contribution in [3.63, 3.8) is 0 Å². The van der Waals surface area contributed by atoms with E-state index in [0.717, 1.165) is 0 Å². The van der Waals surface area contributed by atoms with Crippen molar-refractivity contribution in [2.24, 2.45) is 0 Å². The zero-order chi connectivity index (χ0) is 15.8. The molecular weight excluding hydrogens is 295 g/mol. The van der Waals surface area contributed by atoms with E-state index in [9.17, 15) is 14.3 Å². The average molecular weight is 315 g/mol. The Morgan fingerprint density at radius 1 is 1.52 bits per heavy atom. The zero-order valence-electron chi connectivity index (χ0n) is 12.4. The summed E-state index contributed by atoms with van der Waals surface area (Å²) in [4.78, 5) is 16.0. The highest BCUT2D eigenvalue weighted by molar-refractivity contribution is 6.31. The highest BCUT2D eigenvalue weighted by atomic mass is 35.5. The van der Waals surface area contributed by atoms with E-state index in [2.05, 4.69) is 0 Å². The number of likely N-dealkylation sites (N-methyl/N-ethyl adjacent to an activating group) is 1. The molecule has 1 saturated heterocycles. The molecule has 1 aliphatic rings. The lowest BCUT2D eigenvalue weighted by molar-refractivity contribution is -0.122. The van der Waals surface area contributed by atoms with Crippen LogP contribution >= 0.6 is 11.6 Å². The van der Waals surface area contributed by atoms with E-state index in [1.807, 2.05) is 11.9 Å². The zero-order valence-corrected chi connectivity index (χ0v) is 13.2. The number of amides is 1. The maximum absolute atomic E-state index is 13.2. The first-order valence-electron chi connectivity index (χ1n) is 6.88. The monoisotopic (exact) mass is 314 g/mol. The van der Waals surface area contributed by atoms with E-state index in [1.54, 1.807) is 24.8 Å². The van der Waals surface area contributed by atoms with Crippen molar-refractivity contribution in [3.8, 4) is 0 Å². The lowest BCUT2D eigenvalue weighted by Gasteiger charge is -2.29. The van der Waals surface area contributed by atoms with Crippen molar-refractivity contribution in [2.45, 2.75) is 31.9 Å². The molecule has 1 N–H and O–H groups in total. The Kier molecular flexibility index (Phi) is 4.56. The van der Waals surface area contributed by atoms with Crippen molar-refractivity contribution in [1.82, 2.24) is 4.90 Å². The van der Waals surface area contributed by atoms with E-state index < -0.39 is 11.4 Å². The van der Waals surface area contributed by atoms with Crippen molar-refractivity contribution in [1.29, 1.82) is 0 Å². The first-order chi connectivity index (χ1) is 9.69. The smallest absolute Gasteiger partial charge is 0.244 e. The van der Waals surface area contributed by atoms with Gasteiger partial charge in [0.05, 0.1) is 16.7 Å². The molecule has 0 saturated carbocycles. The number of hydrogen-bond donors (Lipinski definition) is 1. The van der Waals surface area contributed by atoms with E-state index in [1.165, 1.54) is 12.1 Å². The fraction of sp³-hybridized carbons (Fsp3) is 0.533. The predicted molar refractivity (Wildman–Crippen MR) is 81.1 cm³/mol. The van der Waals surface area contributed by atoms with Crippen LogP contribution in [0.15, 0.2) is 18.2 Å². The third kappa shape index (κ3) is 3.73. The number of aliphatic hydroxyl groups is 1. The summed E-state index contributed by atoms with van der Waals surface area (Å²) in [6, 6.07) is 4.00. The van der Waals surface area contributed by atoms with Crippen molar-refractivity contribution < 1.29 is 14.3 Å². The van der Waals surface area contributed by atoms with E-state index in [4.69, 9.17) is 11.6 Å². The Morgan fingerprint density at radius 3 is 2.76 bits per heavy atom. The van der Waals surface area contributed by atoms with Gasteiger partial charge in [0.1, 0.15) is 5.82 Å². The summed E-state index contributed by atoms with van der Waals surface area (Å²) in [6.07, 6.45) is 0.667. The van der Waals surface area contributed by atoms with Crippen molar-refractivity contribution >= 4 is 23.2 Å². The normalized spacial score (nSPS) is 19.7. The fourth-order valence-electron chi connectivity index (χ4n) is 2.70. The van der Waals surface area contributed by atoms with Crippen LogP contribution in [0, 0.1) is 5.82 Å². The molecule has 1 aliphatic heterocycles. The summed E-state index contributed by atoms with van der Waals surface area (Å²) in [5.41, 5.74) is -0.257. The number of benzene rings is 1. The van der Waals surface area contributed by atoms with Crippen LogP contribution in [0.3, 0.4) is 0 Å². The molecular formula is C15H20ClFN2O2. The Hall–Kier alpha value is -1.17. The first-order valence-corrected chi connectivity index (χ1v) is 7.26. The summed E-state index contributed by atoms with van der Waals surface area (Å²) in [6.45, 7) is 4.38. The SMILES string of the molecule is CN(CC(C)(C)O)C1CCN(c2ccc(F)c(Cl)c2)C1=O. The molecule has 2 rings (SSSR count). The predicted octanol–water partition coefficient (Wildman–Crippen LogP) is 2.29. The Labute approximate surface area is 129 Å². The molecule has 1 aromatic carbocycles. The molecule has 0 aliphatic carbocycles. The van der Waals surface area contributed by atoms with Crippen LogP contribution in [-0.4, -0.2) is 47.7 Å². The standard InChI is InChI=1S/C15H20ClFN2O2/c1-15(2,21)9-18(3)13-6-7-19(14(13)20)10-4-5-12(17)11(16)8-10/h4-5,8,13,21H,6-7,9H2,1-3H3. The van der Waals surface area contributed by atoms with E-state index in [0.29, 0.717) is 25.2 Å². The Morgan fingerprint density at radius 2 is 2.19 bits per heavy atom. The molecule has 1 amide bonds. The Bertz CT molecular complexity index is 545. The number of rotatable bonds is 4. The first kappa shape index (κ1) is 16.2. The minimum atomic E-state index is -0.859. The molecule has 0 spiro atoms. The van der Waals surface area contributed by atoms with Crippen molar-refractivity contribution in [3.05, 3.63) is 29.0 Å². The van der Waals surface area contributed by atoms with Crippen LogP contribution in [0.4, 0.5) is 10.1 Å². The molecule has 1 heterocycles. The van der Waals surface area contributed by atoms with Gasteiger partial charge in [-0.15, -0.1) is 0 Å². The van der Waals surface area contributed by atoms with Gasteiger partial charge in [0.2, 0.25) is 5.91 Å². The van der Waals surface area contributed by atoms with Gasteiger partial charge in [-0.05, 0) is 45.5 Å². The number of anilines is 1. The number of nitrogens with zero attached hydrogens (tertiary/aromatic N) is 2. The summed E-state index contributed by atoms with van der Waals surface area (Å²) in [5, 5.41) is 9.87. The van der Waals surface area contributed by atoms with Gasteiger partial charge in [0.15, 0.2) is 0 Å². The van der Waals surface area contributed by atoms with E-state index >= 15 is 0 Å². The largest absolute Gasteiger partial charge is 0.389 e. The lowest BCUT2D eigenvalue weighted by atomic mass is 10.1. The molecule has 1 atom stereocenters. The highest BCUT2D eigenvalue weighted by Crippen LogP contribution is 2.28. The third-order valence-electron chi connectivity index (χ3n) is 3.56. The molecule has 116 valence electrons. The van der Waals surface area contributed by atoms with Crippen LogP contribution in [-0.2, 0) is 4.79 Å². The van der Waals surface area contributed by atoms with Gasteiger partial charge in [-0.25, -0.2) is 4.39 Å². The van der Waals surface area contributed by atoms with Crippen LogP contribution in [0.1, 0.15) is 20.3 Å². The number of hydrogen-bond acceptors (Lipinski definition) is 3. The van der Waals surface area contributed by atoms with Gasteiger partial charge in [-0.2, -0.15) is 0 Å². The van der Waals surface area contributed by atoms with Gasteiger partial charge < -0.3 is 10.0 Å². The summed E-state index contributed by atoms with van der Waals surface area (Å²) in [5.74, 6) is -0.549. The second-order valence-corrected chi connectivity index (χ2v) is 6.53. The quantitative estimate of drug-likeness (QED) is 0.927. The maximum atomic E-state index is 13.2. The third-order valence-corrected chi connectivity index (χ3v) is 3.85. The maximum Gasteiger partial charge on any atom is 0.244 e. The molecule has 6 heteroatoms.